The molecular weight excluding hydrogens is 298 g/mol. The van der Waals surface area contributed by atoms with Gasteiger partial charge in [0.25, 0.3) is 5.91 Å². The molecule has 0 aromatic carbocycles. The molecule has 0 atom stereocenters. The van der Waals surface area contributed by atoms with Crippen LogP contribution in [0.1, 0.15) is 35.4 Å². The highest BCUT2D eigenvalue weighted by Gasteiger charge is 2.27. The molecule has 0 spiro atoms. The second-order valence-corrected chi connectivity index (χ2v) is 6.05. The summed E-state index contributed by atoms with van der Waals surface area (Å²) in [4.78, 5) is 15.2. The molecule has 1 amide bonds. The lowest BCUT2D eigenvalue weighted by molar-refractivity contribution is 0.0710. The smallest absolute Gasteiger partial charge is 0.265 e. The Bertz CT molecular complexity index is 409. The van der Waals surface area contributed by atoms with E-state index in [1.807, 2.05) is 22.4 Å². The topological polar surface area (TPSA) is 20.3 Å². The number of halogens is 1. The van der Waals surface area contributed by atoms with Gasteiger partial charge in [0, 0.05) is 17.1 Å². The molecule has 0 bridgehead atoms. The summed E-state index contributed by atoms with van der Waals surface area (Å²) in [6.45, 7) is 4.40. The molecule has 0 radical (unpaired) electrons. The number of rotatable bonds is 4. The molecule has 1 aliphatic carbocycles. The molecule has 0 unspecified atom stereocenters. The number of nitrogens with zero attached hydrogens (tertiary/aromatic N) is 1. The summed E-state index contributed by atoms with van der Waals surface area (Å²) in [5, 5.41) is 1.94. The molecule has 2 rings (SSSR count). The summed E-state index contributed by atoms with van der Waals surface area (Å²) in [7, 11) is 0. The summed E-state index contributed by atoms with van der Waals surface area (Å²) in [5.74, 6) is 0.138. The lowest BCUT2D eigenvalue weighted by atomic mass is 10.2. The predicted molar refractivity (Wildman–Crippen MR) is 75.5 cm³/mol. The van der Waals surface area contributed by atoms with Crippen LogP contribution in [0, 0.1) is 0 Å². The van der Waals surface area contributed by atoms with E-state index in [1.165, 1.54) is 24.2 Å². The number of carbonyl (C=O) groups excluding carboxylic acids is 1. The Hall–Kier alpha value is -0.610. The van der Waals surface area contributed by atoms with Crippen LogP contribution in [0.25, 0.3) is 0 Å². The van der Waals surface area contributed by atoms with Gasteiger partial charge in [-0.15, -0.1) is 17.9 Å². The van der Waals surface area contributed by atoms with E-state index < -0.39 is 0 Å². The molecule has 1 fully saturated rings. The maximum absolute atomic E-state index is 12.5. The van der Waals surface area contributed by atoms with Crippen molar-refractivity contribution in [2.45, 2.75) is 31.7 Å². The van der Waals surface area contributed by atoms with Crippen molar-refractivity contribution < 1.29 is 4.79 Å². The van der Waals surface area contributed by atoms with Crippen molar-refractivity contribution in [1.82, 2.24) is 4.90 Å². The fraction of sp³-hybridized carbons (Fsp3) is 0.462. The van der Waals surface area contributed by atoms with E-state index in [4.69, 9.17) is 0 Å². The van der Waals surface area contributed by atoms with Crippen molar-refractivity contribution in [3.63, 3.8) is 0 Å². The zero-order valence-electron chi connectivity index (χ0n) is 9.69. The van der Waals surface area contributed by atoms with E-state index in [1.54, 1.807) is 0 Å². The van der Waals surface area contributed by atoms with Crippen molar-refractivity contribution in [2.75, 3.05) is 6.54 Å². The third-order valence-corrected chi connectivity index (χ3v) is 4.99. The molecule has 1 aromatic rings. The van der Waals surface area contributed by atoms with Crippen LogP contribution in [0.2, 0.25) is 0 Å². The maximum atomic E-state index is 12.5. The van der Waals surface area contributed by atoms with Crippen LogP contribution >= 0.6 is 27.3 Å². The van der Waals surface area contributed by atoms with Gasteiger partial charge in [-0.25, -0.2) is 0 Å². The van der Waals surface area contributed by atoms with Crippen molar-refractivity contribution in [3.05, 3.63) is 33.5 Å². The van der Waals surface area contributed by atoms with Crippen LogP contribution in [-0.4, -0.2) is 23.4 Å². The zero-order chi connectivity index (χ0) is 12.3. The number of hydrogen-bond acceptors (Lipinski definition) is 2. The van der Waals surface area contributed by atoms with Crippen LogP contribution in [-0.2, 0) is 0 Å². The predicted octanol–water partition coefficient (Wildman–Crippen LogP) is 4.08. The van der Waals surface area contributed by atoms with Crippen molar-refractivity contribution in [1.29, 1.82) is 0 Å². The monoisotopic (exact) mass is 313 g/mol. The Morgan fingerprint density at radius 1 is 1.59 bits per heavy atom. The van der Waals surface area contributed by atoms with Gasteiger partial charge in [-0.2, -0.15) is 0 Å². The Kier molecular flexibility index (Phi) is 4.40. The Labute approximate surface area is 114 Å². The van der Waals surface area contributed by atoms with Crippen molar-refractivity contribution >= 4 is 33.2 Å². The molecular formula is C13H16BrNOS. The number of amides is 1. The fourth-order valence-corrected chi connectivity index (χ4v) is 3.83. The summed E-state index contributed by atoms with van der Waals surface area (Å²) in [6, 6.07) is 2.33. The van der Waals surface area contributed by atoms with Gasteiger partial charge in [-0.05, 0) is 40.2 Å². The number of thiophene rings is 1. The Morgan fingerprint density at radius 2 is 2.29 bits per heavy atom. The van der Waals surface area contributed by atoms with E-state index in [0.717, 1.165) is 22.2 Å². The molecule has 17 heavy (non-hydrogen) atoms. The molecule has 1 aliphatic rings. The second kappa shape index (κ2) is 5.83. The lowest BCUT2D eigenvalue weighted by Crippen LogP contribution is -2.38. The zero-order valence-corrected chi connectivity index (χ0v) is 12.1. The number of carbonyl (C=O) groups is 1. The third-order valence-electron chi connectivity index (χ3n) is 3.16. The maximum Gasteiger partial charge on any atom is 0.265 e. The summed E-state index contributed by atoms with van der Waals surface area (Å²) in [6.07, 6.45) is 6.54. The second-order valence-electron chi connectivity index (χ2n) is 4.28. The molecule has 0 N–H and O–H groups in total. The van der Waals surface area contributed by atoms with E-state index in [2.05, 4.69) is 22.5 Å². The summed E-state index contributed by atoms with van der Waals surface area (Å²) >= 11 is 4.93. The molecule has 0 saturated heterocycles. The van der Waals surface area contributed by atoms with Gasteiger partial charge in [0.2, 0.25) is 0 Å². The van der Waals surface area contributed by atoms with Crippen LogP contribution in [0.4, 0.5) is 0 Å². The minimum atomic E-state index is 0.138. The molecule has 4 heteroatoms. The lowest BCUT2D eigenvalue weighted by Gasteiger charge is -2.27. The Balaban J connectivity index is 2.18. The minimum absolute atomic E-state index is 0.138. The molecule has 1 heterocycles. The van der Waals surface area contributed by atoms with Crippen molar-refractivity contribution in [3.8, 4) is 0 Å². The highest BCUT2D eigenvalue weighted by Crippen LogP contribution is 2.29. The first-order chi connectivity index (χ1) is 8.24. The standard InChI is InChI=1S/C13H16BrNOS/c1-2-8-15(10-5-3-4-6-10)13(16)12-11(14)7-9-17-12/h2,7,9-10H,1,3-6,8H2. The highest BCUT2D eigenvalue weighted by molar-refractivity contribution is 9.10. The van der Waals surface area contributed by atoms with Gasteiger partial charge in [0.15, 0.2) is 0 Å². The third kappa shape index (κ3) is 2.80. The quantitative estimate of drug-likeness (QED) is 0.767. The number of hydrogen-bond donors (Lipinski definition) is 0. The van der Waals surface area contributed by atoms with Crippen LogP contribution in [0.15, 0.2) is 28.6 Å². The van der Waals surface area contributed by atoms with Gasteiger partial charge in [0.05, 0.1) is 0 Å². The van der Waals surface area contributed by atoms with E-state index in [9.17, 15) is 4.79 Å². The molecule has 2 nitrogen and oxygen atoms in total. The highest BCUT2D eigenvalue weighted by atomic mass is 79.9. The van der Waals surface area contributed by atoms with Crippen LogP contribution in [0.3, 0.4) is 0 Å². The van der Waals surface area contributed by atoms with Crippen LogP contribution in [0.5, 0.6) is 0 Å². The normalized spacial score (nSPS) is 16.1. The largest absolute Gasteiger partial charge is 0.331 e. The minimum Gasteiger partial charge on any atom is -0.331 e. The van der Waals surface area contributed by atoms with Gasteiger partial charge in [-0.3, -0.25) is 4.79 Å². The molecule has 1 aromatic heterocycles. The summed E-state index contributed by atoms with van der Waals surface area (Å²) < 4.78 is 0.902. The van der Waals surface area contributed by atoms with Gasteiger partial charge in [-0.1, -0.05) is 18.9 Å². The van der Waals surface area contributed by atoms with E-state index in [0.29, 0.717) is 12.6 Å². The SMILES string of the molecule is C=CCN(C(=O)c1sccc1Br)C1CCCC1. The van der Waals surface area contributed by atoms with Gasteiger partial charge in [0.1, 0.15) is 4.88 Å². The summed E-state index contributed by atoms with van der Waals surface area (Å²) in [5.41, 5.74) is 0. The van der Waals surface area contributed by atoms with Gasteiger partial charge >= 0.3 is 0 Å². The fourth-order valence-electron chi connectivity index (χ4n) is 2.33. The first kappa shape index (κ1) is 12.8. The first-order valence-corrected chi connectivity index (χ1v) is 7.56. The van der Waals surface area contributed by atoms with E-state index >= 15 is 0 Å². The molecule has 0 aliphatic heterocycles. The molecule has 92 valence electrons. The van der Waals surface area contributed by atoms with Crippen molar-refractivity contribution in [2.24, 2.45) is 0 Å². The first-order valence-electron chi connectivity index (χ1n) is 5.89. The Morgan fingerprint density at radius 3 is 2.82 bits per heavy atom. The van der Waals surface area contributed by atoms with Crippen LogP contribution < -0.4 is 0 Å². The van der Waals surface area contributed by atoms with Gasteiger partial charge < -0.3 is 4.90 Å². The average Bonchev–Trinajstić information content (AvgIpc) is 2.95. The van der Waals surface area contributed by atoms with E-state index in [-0.39, 0.29) is 5.91 Å². The molecule has 1 saturated carbocycles. The average molecular weight is 314 g/mol.